The van der Waals surface area contributed by atoms with Gasteiger partial charge < -0.3 is 19.0 Å². The van der Waals surface area contributed by atoms with Gasteiger partial charge in [-0.1, -0.05) is 17.3 Å². The minimum atomic E-state index is -0.802. The Kier molecular flexibility index (Phi) is 5.33. The molecule has 30 heavy (non-hydrogen) atoms. The first-order valence-corrected chi connectivity index (χ1v) is 9.00. The average Bonchev–Trinajstić information content (AvgIpc) is 3.47. The Labute approximate surface area is 170 Å². The van der Waals surface area contributed by atoms with Gasteiger partial charge in [0.15, 0.2) is 11.9 Å². The molecule has 0 aliphatic rings. The van der Waals surface area contributed by atoms with Gasteiger partial charge in [0.2, 0.25) is 5.82 Å². The molecule has 3 aromatic heterocycles. The molecule has 0 radical (unpaired) electrons. The van der Waals surface area contributed by atoms with Gasteiger partial charge in [0.25, 0.3) is 11.8 Å². The van der Waals surface area contributed by atoms with Crippen LogP contribution in [0.5, 0.6) is 0 Å². The van der Waals surface area contributed by atoms with E-state index in [-0.39, 0.29) is 22.9 Å². The molecule has 0 aliphatic heterocycles. The molecule has 0 bridgehead atoms. The van der Waals surface area contributed by atoms with Crippen LogP contribution in [0.3, 0.4) is 0 Å². The highest BCUT2D eigenvalue weighted by Crippen LogP contribution is 2.23. The van der Waals surface area contributed by atoms with Gasteiger partial charge in [-0.15, -0.1) is 0 Å². The predicted octanol–water partition coefficient (Wildman–Crippen LogP) is 3.89. The van der Waals surface area contributed by atoms with Crippen molar-refractivity contribution in [1.29, 1.82) is 0 Å². The van der Waals surface area contributed by atoms with E-state index < -0.39 is 18.0 Å². The van der Waals surface area contributed by atoms with Gasteiger partial charge in [-0.2, -0.15) is 4.98 Å². The number of anilines is 1. The molecule has 0 aliphatic carbocycles. The zero-order chi connectivity index (χ0) is 20.9. The van der Waals surface area contributed by atoms with Gasteiger partial charge in [0, 0.05) is 18.0 Å². The molecule has 150 valence electrons. The number of aromatic nitrogens is 3. The predicted molar refractivity (Wildman–Crippen MR) is 104 cm³/mol. The van der Waals surface area contributed by atoms with Crippen molar-refractivity contribution >= 4 is 17.6 Å². The molecular formula is C21H16N4O5. The fourth-order valence-electron chi connectivity index (χ4n) is 2.65. The average molecular weight is 404 g/mol. The number of benzene rings is 1. The maximum Gasteiger partial charge on any atom is 0.341 e. The molecule has 0 saturated carbocycles. The molecule has 0 spiro atoms. The van der Waals surface area contributed by atoms with E-state index in [0.717, 1.165) is 0 Å². The molecule has 4 rings (SSSR count). The van der Waals surface area contributed by atoms with Crippen LogP contribution in [0.1, 0.15) is 39.8 Å². The van der Waals surface area contributed by atoms with Crippen LogP contribution >= 0.6 is 0 Å². The Morgan fingerprint density at radius 3 is 2.73 bits per heavy atom. The number of nitrogens with zero attached hydrogens (tertiary/aromatic N) is 3. The molecular weight excluding hydrogens is 388 g/mol. The summed E-state index contributed by atoms with van der Waals surface area (Å²) in [5.41, 5.74) is 1.14. The lowest BCUT2D eigenvalue weighted by atomic mass is 10.1. The maximum absolute atomic E-state index is 12.7. The third-order valence-electron chi connectivity index (χ3n) is 4.13. The van der Waals surface area contributed by atoms with Crippen molar-refractivity contribution < 1.29 is 23.3 Å². The molecule has 1 atom stereocenters. The Bertz CT molecular complexity index is 1160. The van der Waals surface area contributed by atoms with Crippen molar-refractivity contribution in [2.75, 3.05) is 5.32 Å². The standard InChI is InChI=1S/C21H16N4O5/c1-13(20-24-18(25-30-20)14-6-4-10-22-12-14)29-21(27)15-7-2-3-8-16(15)23-19(26)17-9-5-11-28-17/h2-13H,1H3,(H,23,26)/t13-/m1/s1. The first-order chi connectivity index (χ1) is 14.6. The summed E-state index contributed by atoms with van der Waals surface area (Å²) < 4.78 is 15.7. The van der Waals surface area contributed by atoms with E-state index in [1.54, 1.807) is 61.8 Å². The van der Waals surface area contributed by atoms with Crippen molar-refractivity contribution in [3.05, 3.63) is 84.4 Å². The summed E-state index contributed by atoms with van der Waals surface area (Å²) >= 11 is 0. The number of pyridine rings is 1. The molecule has 0 fully saturated rings. The van der Waals surface area contributed by atoms with Crippen LogP contribution in [-0.4, -0.2) is 27.0 Å². The fourth-order valence-corrected chi connectivity index (χ4v) is 2.65. The quantitative estimate of drug-likeness (QED) is 0.481. The highest BCUT2D eigenvalue weighted by atomic mass is 16.6. The van der Waals surface area contributed by atoms with E-state index in [1.807, 2.05) is 0 Å². The Balaban J connectivity index is 1.48. The lowest BCUT2D eigenvalue weighted by molar-refractivity contribution is 0.0266. The van der Waals surface area contributed by atoms with E-state index in [2.05, 4.69) is 20.4 Å². The van der Waals surface area contributed by atoms with Gasteiger partial charge in [0.05, 0.1) is 17.5 Å². The van der Waals surface area contributed by atoms with Crippen LogP contribution in [0, 0.1) is 0 Å². The van der Waals surface area contributed by atoms with Crippen molar-refractivity contribution in [3.63, 3.8) is 0 Å². The number of amides is 1. The number of ether oxygens (including phenoxy) is 1. The Morgan fingerprint density at radius 1 is 1.10 bits per heavy atom. The fraction of sp³-hybridized carbons (Fsp3) is 0.0952. The van der Waals surface area contributed by atoms with Crippen LogP contribution in [0.25, 0.3) is 11.4 Å². The summed E-state index contributed by atoms with van der Waals surface area (Å²) in [6, 6.07) is 13.2. The first-order valence-electron chi connectivity index (χ1n) is 9.00. The minimum absolute atomic E-state index is 0.125. The summed E-state index contributed by atoms with van der Waals surface area (Å²) in [7, 11) is 0. The summed E-state index contributed by atoms with van der Waals surface area (Å²) in [5, 5.41) is 6.53. The molecule has 1 N–H and O–H groups in total. The monoisotopic (exact) mass is 404 g/mol. The molecule has 0 saturated heterocycles. The van der Waals surface area contributed by atoms with Crippen LogP contribution in [-0.2, 0) is 4.74 Å². The SMILES string of the molecule is C[C@@H](OC(=O)c1ccccc1NC(=O)c1ccco1)c1nc(-c2cccnc2)no1. The number of nitrogens with one attached hydrogen (secondary N) is 1. The van der Waals surface area contributed by atoms with Crippen LogP contribution in [0.4, 0.5) is 5.69 Å². The van der Waals surface area contributed by atoms with Crippen molar-refractivity contribution in [1.82, 2.24) is 15.1 Å². The van der Waals surface area contributed by atoms with Gasteiger partial charge in [0.1, 0.15) is 0 Å². The van der Waals surface area contributed by atoms with Gasteiger partial charge in [-0.3, -0.25) is 9.78 Å². The number of hydrogen-bond donors (Lipinski definition) is 1. The third-order valence-corrected chi connectivity index (χ3v) is 4.13. The normalized spacial score (nSPS) is 11.6. The second kappa shape index (κ2) is 8.39. The van der Waals surface area contributed by atoms with Gasteiger partial charge in [-0.05, 0) is 43.3 Å². The molecule has 9 heteroatoms. The van der Waals surface area contributed by atoms with E-state index >= 15 is 0 Å². The summed E-state index contributed by atoms with van der Waals surface area (Å²) in [4.78, 5) is 33.2. The first kappa shape index (κ1) is 19.1. The molecule has 4 aromatic rings. The number of carbonyl (C=O) groups is 2. The zero-order valence-electron chi connectivity index (χ0n) is 15.8. The second-order valence-corrected chi connectivity index (χ2v) is 6.22. The Hall–Kier alpha value is -4.27. The zero-order valence-corrected chi connectivity index (χ0v) is 15.8. The second-order valence-electron chi connectivity index (χ2n) is 6.22. The summed E-state index contributed by atoms with van der Waals surface area (Å²) in [6.07, 6.45) is 3.82. The minimum Gasteiger partial charge on any atom is -0.459 e. The number of para-hydroxylation sites is 1. The van der Waals surface area contributed by atoms with E-state index in [0.29, 0.717) is 11.4 Å². The summed E-state index contributed by atoms with van der Waals surface area (Å²) in [6.45, 7) is 1.61. The van der Waals surface area contributed by atoms with Crippen molar-refractivity contribution in [2.45, 2.75) is 13.0 Å². The number of carbonyl (C=O) groups excluding carboxylic acids is 2. The number of furan rings is 1. The third kappa shape index (κ3) is 4.09. The van der Waals surface area contributed by atoms with Crippen LogP contribution < -0.4 is 5.32 Å². The smallest absolute Gasteiger partial charge is 0.341 e. The topological polar surface area (TPSA) is 120 Å². The van der Waals surface area contributed by atoms with Gasteiger partial charge in [-0.25, -0.2) is 4.79 Å². The molecule has 0 unspecified atom stereocenters. The van der Waals surface area contributed by atoms with E-state index in [1.165, 1.54) is 12.3 Å². The number of rotatable bonds is 6. The highest BCUT2D eigenvalue weighted by molar-refractivity contribution is 6.06. The van der Waals surface area contributed by atoms with Crippen molar-refractivity contribution in [2.24, 2.45) is 0 Å². The maximum atomic E-state index is 12.7. The van der Waals surface area contributed by atoms with E-state index in [9.17, 15) is 9.59 Å². The lowest BCUT2D eigenvalue weighted by Gasteiger charge is -2.12. The molecule has 1 amide bonds. The van der Waals surface area contributed by atoms with Crippen LogP contribution in [0.15, 0.2) is 76.1 Å². The lowest BCUT2D eigenvalue weighted by Crippen LogP contribution is -2.16. The highest BCUT2D eigenvalue weighted by Gasteiger charge is 2.22. The number of hydrogen-bond acceptors (Lipinski definition) is 8. The Morgan fingerprint density at radius 2 is 1.97 bits per heavy atom. The summed E-state index contributed by atoms with van der Waals surface area (Å²) in [5.74, 6) is -0.531. The molecule has 1 aromatic carbocycles. The van der Waals surface area contributed by atoms with Crippen molar-refractivity contribution in [3.8, 4) is 11.4 Å². The molecule has 9 nitrogen and oxygen atoms in total. The van der Waals surface area contributed by atoms with E-state index in [4.69, 9.17) is 13.7 Å². The van der Waals surface area contributed by atoms with Gasteiger partial charge >= 0.3 is 5.97 Å². The van der Waals surface area contributed by atoms with Crippen LogP contribution in [0.2, 0.25) is 0 Å². The number of esters is 1. The molecule has 3 heterocycles. The largest absolute Gasteiger partial charge is 0.459 e.